The summed E-state index contributed by atoms with van der Waals surface area (Å²) in [6.07, 6.45) is 1.53. The highest BCUT2D eigenvalue weighted by atomic mass is 35.5. The Morgan fingerprint density at radius 3 is 2.57 bits per heavy atom. The van der Waals surface area contributed by atoms with Crippen molar-refractivity contribution in [2.24, 2.45) is 4.99 Å². The third-order valence-corrected chi connectivity index (χ3v) is 2.75. The van der Waals surface area contributed by atoms with Gasteiger partial charge < -0.3 is 0 Å². The van der Waals surface area contributed by atoms with Crippen molar-refractivity contribution in [3.8, 4) is 0 Å². The molecule has 2 nitrogen and oxygen atoms in total. The lowest BCUT2D eigenvalue weighted by atomic mass is 9.95. The zero-order valence-electron chi connectivity index (χ0n) is 7.84. The van der Waals surface area contributed by atoms with Crippen molar-refractivity contribution in [2.75, 3.05) is 0 Å². The maximum Gasteiger partial charge on any atom is 0.235 e. The molecular formula is C10H9Cl2NO. The standard InChI is InChI=1S/C10H9Cl2NO/c1-10(2,13-6-14)7-4-3-5-8(11)9(7)12/h3-5H,1-2H3. The molecule has 1 aromatic carbocycles. The van der Waals surface area contributed by atoms with E-state index in [-0.39, 0.29) is 0 Å². The van der Waals surface area contributed by atoms with Gasteiger partial charge in [-0.25, -0.2) is 4.79 Å². The average Bonchev–Trinajstić information content (AvgIpc) is 2.09. The van der Waals surface area contributed by atoms with Crippen LogP contribution in [-0.2, 0) is 10.3 Å². The van der Waals surface area contributed by atoms with Crippen LogP contribution in [0, 0.1) is 0 Å². The molecular weight excluding hydrogens is 221 g/mol. The molecule has 0 unspecified atom stereocenters. The van der Waals surface area contributed by atoms with Crippen molar-refractivity contribution in [3.63, 3.8) is 0 Å². The summed E-state index contributed by atoms with van der Waals surface area (Å²) in [4.78, 5) is 13.9. The van der Waals surface area contributed by atoms with Crippen molar-refractivity contribution in [1.29, 1.82) is 0 Å². The number of nitrogens with zero attached hydrogens (tertiary/aromatic N) is 1. The van der Waals surface area contributed by atoms with Crippen LogP contribution in [0.1, 0.15) is 19.4 Å². The molecule has 0 fully saturated rings. The second kappa shape index (κ2) is 4.14. The van der Waals surface area contributed by atoms with E-state index in [0.29, 0.717) is 10.0 Å². The molecule has 0 aromatic heterocycles. The van der Waals surface area contributed by atoms with E-state index in [0.717, 1.165) is 5.56 Å². The second-order valence-corrected chi connectivity index (χ2v) is 4.15. The number of rotatable bonds is 2. The van der Waals surface area contributed by atoms with E-state index in [9.17, 15) is 4.79 Å². The molecule has 0 aliphatic carbocycles. The first-order valence-corrected chi connectivity index (χ1v) is 4.78. The maximum atomic E-state index is 10.2. The largest absolute Gasteiger partial charge is 0.235 e. The van der Waals surface area contributed by atoms with Crippen LogP contribution in [-0.4, -0.2) is 6.08 Å². The van der Waals surface area contributed by atoms with Gasteiger partial charge in [0.25, 0.3) is 0 Å². The lowest BCUT2D eigenvalue weighted by Crippen LogP contribution is -2.14. The number of hydrogen-bond acceptors (Lipinski definition) is 2. The van der Waals surface area contributed by atoms with Gasteiger partial charge in [0.05, 0.1) is 15.6 Å². The first kappa shape index (κ1) is 11.3. The molecule has 0 aliphatic heterocycles. The van der Waals surface area contributed by atoms with Crippen molar-refractivity contribution >= 4 is 29.3 Å². The summed E-state index contributed by atoms with van der Waals surface area (Å²) < 4.78 is 0. The molecule has 0 spiro atoms. The van der Waals surface area contributed by atoms with Gasteiger partial charge in [-0.15, -0.1) is 0 Å². The summed E-state index contributed by atoms with van der Waals surface area (Å²) in [6.45, 7) is 3.55. The molecule has 1 aromatic rings. The van der Waals surface area contributed by atoms with Crippen LogP contribution in [0.3, 0.4) is 0 Å². The minimum atomic E-state index is -0.691. The molecule has 0 aliphatic rings. The van der Waals surface area contributed by atoms with Crippen LogP contribution in [0.25, 0.3) is 0 Å². The molecule has 1 rings (SSSR count). The molecule has 4 heteroatoms. The Kier molecular flexibility index (Phi) is 3.33. The number of carbonyl (C=O) groups excluding carboxylic acids is 1. The summed E-state index contributed by atoms with van der Waals surface area (Å²) in [5.74, 6) is 0. The molecule has 0 saturated carbocycles. The Morgan fingerprint density at radius 1 is 1.36 bits per heavy atom. The van der Waals surface area contributed by atoms with Crippen molar-refractivity contribution in [2.45, 2.75) is 19.4 Å². The molecule has 0 N–H and O–H groups in total. The average molecular weight is 230 g/mol. The van der Waals surface area contributed by atoms with Gasteiger partial charge in [0, 0.05) is 5.56 Å². The number of halogens is 2. The van der Waals surface area contributed by atoms with Crippen LogP contribution >= 0.6 is 23.2 Å². The van der Waals surface area contributed by atoms with Gasteiger partial charge in [0.1, 0.15) is 0 Å². The minimum absolute atomic E-state index is 0.429. The fraction of sp³-hybridized carbons (Fsp3) is 0.300. The smallest absolute Gasteiger partial charge is 0.211 e. The number of hydrogen-bond donors (Lipinski definition) is 0. The molecule has 0 saturated heterocycles. The summed E-state index contributed by atoms with van der Waals surface area (Å²) >= 11 is 11.8. The van der Waals surface area contributed by atoms with Crippen LogP contribution in [0.5, 0.6) is 0 Å². The van der Waals surface area contributed by atoms with E-state index in [1.54, 1.807) is 32.0 Å². The fourth-order valence-electron chi connectivity index (χ4n) is 1.15. The van der Waals surface area contributed by atoms with E-state index >= 15 is 0 Å². The highest BCUT2D eigenvalue weighted by molar-refractivity contribution is 6.42. The van der Waals surface area contributed by atoms with Crippen LogP contribution in [0.2, 0.25) is 10.0 Å². The maximum absolute atomic E-state index is 10.2. The van der Waals surface area contributed by atoms with Crippen molar-refractivity contribution in [1.82, 2.24) is 0 Å². The van der Waals surface area contributed by atoms with E-state index in [1.165, 1.54) is 6.08 Å². The highest BCUT2D eigenvalue weighted by Crippen LogP contribution is 2.34. The Balaban J connectivity index is 3.32. The molecule has 14 heavy (non-hydrogen) atoms. The van der Waals surface area contributed by atoms with E-state index in [1.807, 2.05) is 0 Å². The number of isocyanates is 1. The molecule has 74 valence electrons. The summed E-state index contributed by atoms with van der Waals surface area (Å²) in [5, 5.41) is 0.886. The molecule has 0 atom stereocenters. The zero-order valence-corrected chi connectivity index (χ0v) is 9.36. The number of aliphatic imine (C=N–C) groups is 1. The van der Waals surface area contributed by atoms with Crippen LogP contribution in [0.4, 0.5) is 0 Å². The summed E-state index contributed by atoms with van der Waals surface area (Å²) in [6, 6.07) is 5.24. The van der Waals surface area contributed by atoms with Gasteiger partial charge in [-0.05, 0) is 19.9 Å². The van der Waals surface area contributed by atoms with Crippen LogP contribution < -0.4 is 0 Å². The molecule has 0 amide bonds. The SMILES string of the molecule is CC(C)(N=C=O)c1cccc(Cl)c1Cl. The van der Waals surface area contributed by atoms with Gasteiger partial charge in [0.15, 0.2) is 0 Å². The Labute approximate surface area is 92.6 Å². The molecule has 0 bridgehead atoms. The zero-order chi connectivity index (χ0) is 10.8. The molecule has 0 radical (unpaired) electrons. The van der Waals surface area contributed by atoms with Crippen LogP contribution in [0.15, 0.2) is 23.2 Å². The fourth-order valence-corrected chi connectivity index (χ4v) is 1.68. The molecule has 0 heterocycles. The lowest BCUT2D eigenvalue weighted by Gasteiger charge is -2.19. The van der Waals surface area contributed by atoms with Gasteiger partial charge in [-0.3, -0.25) is 0 Å². The van der Waals surface area contributed by atoms with Gasteiger partial charge in [-0.1, -0.05) is 35.3 Å². The third kappa shape index (κ3) is 2.16. The Bertz CT molecular complexity index is 395. The minimum Gasteiger partial charge on any atom is -0.211 e. The van der Waals surface area contributed by atoms with Gasteiger partial charge >= 0.3 is 0 Å². The van der Waals surface area contributed by atoms with E-state index < -0.39 is 5.54 Å². The summed E-state index contributed by atoms with van der Waals surface area (Å²) in [7, 11) is 0. The second-order valence-electron chi connectivity index (χ2n) is 3.36. The number of benzene rings is 1. The predicted octanol–water partition coefficient (Wildman–Crippen LogP) is 3.56. The summed E-state index contributed by atoms with van der Waals surface area (Å²) in [5.41, 5.74) is 0.0269. The van der Waals surface area contributed by atoms with Gasteiger partial charge in [-0.2, -0.15) is 4.99 Å². The Morgan fingerprint density at radius 2 is 2.00 bits per heavy atom. The predicted molar refractivity (Wildman–Crippen MR) is 57.6 cm³/mol. The lowest BCUT2D eigenvalue weighted by molar-refractivity contribution is 0.523. The third-order valence-electron chi connectivity index (χ3n) is 1.94. The van der Waals surface area contributed by atoms with Crippen molar-refractivity contribution < 1.29 is 4.79 Å². The van der Waals surface area contributed by atoms with Crippen molar-refractivity contribution in [3.05, 3.63) is 33.8 Å². The first-order valence-electron chi connectivity index (χ1n) is 4.02. The topological polar surface area (TPSA) is 29.4 Å². The normalized spacial score (nSPS) is 10.9. The van der Waals surface area contributed by atoms with Gasteiger partial charge in [0.2, 0.25) is 6.08 Å². The quantitative estimate of drug-likeness (QED) is 0.564. The Hall–Kier alpha value is -0.820. The van der Waals surface area contributed by atoms with E-state index in [2.05, 4.69) is 4.99 Å². The monoisotopic (exact) mass is 229 g/mol. The highest BCUT2D eigenvalue weighted by Gasteiger charge is 2.23. The first-order chi connectivity index (χ1) is 6.49. The van der Waals surface area contributed by atoms with E-state index in [4.69, 9.17) is 23.2 Å².